The van der Waals surface area contributed by atoms with Crippen LogP contribution in [0.4, 0.5) is 5.69 Å². The van der Waals surface area contributed by atoms with Gasteiger partial charge in [-0.1, -0.05) is 51.4 Å². The van der Waals surface area contributed by atoms with E-state index in [0.29, 0.717) is 0 Å². The summed E-state index contributed by atoms with van der Waals surface area (Å²) >= 11 is 12.6. The first-order chi connectivity index (χ1) is 8.33. The van der Waals surface area contributed by atoms with Gasteiger partial charge in [0.15, 0.2) is 0 Å². The van der Waals surface area contributed by atoms with Gasteiger partial charge >= 0.3 is 0 Å². The maximum atomic E-state index is 6.28. The van der Waals surface area contributed by atoms with Crippen LogP contribution < -0.4 is 9.42 Å². The van der Waals surface area contributed by atoms with Crippen LogP contribution in [0.3, 0.4) is 0 Å². The van der Waals surface area contributed by atoms with Crippen molar-refractivity contribution in [3.05, 3.63) is 24.3 Å². The van der Waals surface area contributed by atoms with E-state index in [2.05, 4.69) is 67.8 Å². The highest BCUT2D eigenvalue weighted by Gasteiger charge is 2.34. The lowest BCUT2D eigenvalue weighted by molar-refractivity contribution is 1.36. The molecule has 0 aliphatic rings. The van der Waals surface area contributed by atoms with Crippen molar-refractivity contribution in [1.82, 2.24) is 0 Å². The van der Waals surface area contributed by atoms with Crippen molar-refractivity contribution in [3.8, 4) is 0 Å². The zero-order chi connectivity index (χ0) is 15.1. The minimum atomic E-state index is -2.23. The van der Waals surface area contributed by atoms with Gasteiger partial charge in [-0.05, 0) is 23.9 Å². The van der Waals surface area contributed by atoms with Gasteiger partial charge in [0.25, 0.3) is 6.69 Å². The molecule has 0 aliphatic heterocycles. The monoisotopic (exact) mass is 349 g/mol. The van der Waals surface area contributed by atoms with E-state index in [-0.39, 0.29) is 0 Å². The highest BCUT2D eigenvalue weighted by Crippen LogP contribution is 2.28. The Balaban J connectivity index is 3.20. The number of benzene rings is 1. The Morgan fingerprint density at radius 2 is 1.11 bits per heavy atom. The highest BCUT2D eigenvalue weighted by molar-refractivity contribution is 7.50. The minimum Gasteiger partial charge on any atom is -0.425 e. The highest BCUT2D eigenvalue weighted by atomic mass is 35.7. The van der Waals surface area contributed by atoms with Gasteiger partial charge in [-0.3, -0.25) is 0 Å². The van der Waals surface area contributed by atoms with Crippen molar-refractivity contribution in [2.75, 3.05) is 4.23 Å². The molecule has 0 unspecified atom stereocenters. The quantitative estimate of drug-likeness (QED) is 0.550. The summed E-state index contributed by atoms with van der Waals surface area (Å²) in [4.78, 5) is 0. The molecule has 6 heteroatoms. The Morgan fingerprint density at radius 1 is 0.737 bits per heavy atom. The molecule has 0 amide bonds. The predicted octanol–water partition coefficient (Wildman–Crippen LogP) is 4.92. The van der Waals surface area contributed by atoms with E-state index in [9.17, 15) is 0 Å². The second-order valence-electron chi connectivity index (χ2n) is 7.11. The molecule has 19 heavy (non-hydrogen) atoms. The second-order valence-corrected chi connectivity index (χ2v) is 24.6. The van der Waals surface area contributed by atoms with Crippen LogP contribution in [0.2, 0.25) is 45.8 Å². The molecule has 1 aromatic carbocycles. The fourth-order valence-electron chi connectivity index (χ4n) is 2.68. The Bertz CT molecular complexity index is 413. The number of anilines is 1. The lowest BCUT2D eigenvalue weighted by Crippen LogP contribution is -2.59. The number of rotatable bonds is 4. The van der Waals surface area contributed by atoms with Gasteiger partial charge in [0.2, 0.25) is 0 Å². The molecule has 1 rings (SSSR count). The van der Waals surface area contributed by atoms with Crippen LogP contribution in [0.25, 0.3) is 0 Å². The van der Waals surface area contributed by atoms with E-state index in [4.69, 9.17) is 22.2 Å². The van der Waals surface area contributed by atoms with Gasteiger partial charge in [-0.25, -0.2) is 0 Å². The van der Waals surface area contributed by atoms with Gasteiger partial charge in [0.05, 0.1) is 0 Å². The number of hydrogen-bond donors (Lipinski definition) is 0. The maximum absolute atomic E-state index is 6.28. The Kier molecular flexibility index (Phi) is 5.06. The molecule has 0 saturated carbocycles. The fraction of sp³-hybridized carbons (Fsp3) is 0.538. The Morgan fingerprint density at radius 3 is 1.37 bits per heavy atom. The van der Waals surface area contributed by atoms with E-state index < -0.39 is 23.2 Å². The van der Waals surface area contributed by atoms with Gasteiger partial charge in [0, 0.05) is 5.69 Å². The first kappa shape index (κ1) is 17.3. The summed E-state index contributed by atoms with van der Waals surface area (Å²) in [6.07, 6.45) is 0. The van der Waals surface area contributed by atoms with Crippen LogP contribution in [-0.2, 0) is 0 Å². The molecule has 0 radical (unpaired) electrons. The molecular weight excluding hydrogens is 325 g/mol. The zero-order valence-corrected chi connectivity index (χ0v) is 17.5. The van der Waals surface area contributed by atoms with Crippen molar-refractivity contribution in [2.45, 2.75) is 45.8 Å². The van der Waals surface area contributed by atoms with Crippen molar-refractivity contribution in [2.24, 2.45) is 0 Å². The van der Waals surface area contributed by atoms with Crippen LogP contribution in [0, 0.1) is 0 Å². The summed E-state index contributed by atoms with van der Waals surface area (Å²) < 4.78 is 2.70. The standard InChI is InChI=1S/C13H25Cl2NSi3/c1-17(2,3)16(18(4,5)6)12-8-10-13(11-9-12)19(7,14)15/h8-11H,1-7H3. The normalized spacial score (nSPS) is 13.5. The summed E-state index contributed by atoms with van der Waals surface area (Å²) in [5, 5.41) is 1.09. The minimum absolute atomic E-state index is 1.09. The third kappa shape index (κ3) is 4.63. The maximum Gasteiger partial charge on any atom is 0.277 e. The number of halogens is 2. The van der Waals surface area contributed by atoms with Crippen molar-refractivity contribution >= 4 is 56.2 Å². The van der Waals surface area contributed by atoms with Gasteiger partial charge in [0.1, 0.15) is 16.5 Å². The zero-order valence-electron chi connectivity index (χ0n) is 13.0. The SMILES string of the molecule is C[Si](Cl)(Cl)c1ccc(N([Si](C)(C)C)[Si](C)(C)C)cc1. The molecule has 0 saturated heterocycles. The van der Waals surface area contributed by atoms with Crippen LogP contribution in [0.15, 0.2) is 24.3 Å². The number of nitrogens with zero attached hydrogens (tertiary/aromatic N) is 1. The largest absolute Gasteiger partial charge is 0.425 e. The molecule has 0 aliphatic carbocycles. The Labute approximate surface area is 130 Å². The summed E-state index contributed by atoms with van der Waals surface area (Å²) in [5.41, 5.74) is 1.33. The molecule has 1 aromatic rings. The van der Waals surface area contributed by atoms with Gasteiger partial charge in [-0.2, -0.15) is 0 Å². The first-order valence-electron chi connectivity index (χ1n) is 6.62. The number of hydrogen-bond acceptors (Lipinski definition) is 1. The topological polar surface area (TPSA) is 3.24 Å². The van der Waals surface area contributed by atoms with Crippen LogP contribution in [0.1, 0.15) is 0 Å². The molecule has 0 aromatic heterocycles. The van der Waals surface area contributed by atoms with Crippen LogP contribution in [-0.4, -0.2) is 23.2 Å². The lowest BCUT2D eigenvalue weighted by Gasteiger charge is -2.46. The molecule has 1 nitrogen and oxygen atoms in total. The fourth-order valence-corrected chi connectivity index (χ4v) is 14.1. The third-order valence-corrected chi connectivity index (χ3v) is 12.9. The van der Waals surface area contributed by atoms with Gasteiger partial charge < -0.3 is 4.23 Å². The Hall–Kier alpha value is 0.251. The molecule has 0 N–H and O–H groups in total. The van der Waals surface area contributed by atoms with E-state index in [1.165, 1.54) is 5.69 Å². The molecule has 0 fully saturated rings. The molecule has 0 spiro atoms. The molecule has 108 valence electrons. The summed E-state index contributed by atoms with van der Waals surface area (Å²) in [7, 11) is -2.77. The summed E-state index contributed by atoms with van der Waals surface area (Å²) in [6, 6.07) is 8.60. The molecule has 0 bridgehead atoms. The van der Waals surface area contributed by atoms with Gasteiger partial charge in [-0.15, -0.1) is 22.2 Å². The van der Waals surface area contributed by atoms with E-state index >= 15 is 0 Å². The van der Waals surface area contributed by atoms with Crippen molar-refractivity contribution in [1.29, 1.82) is 0 Å². The lowest BCUT2D eigenvalue weighted by atomic mass is 10.3. The molecular formula is C13H25Cl2NSi3. The average Bonchev–Trinajstić information content (AvgIpc) is 2.12. The molecule has 0 atom stereocenters. The van der Waals surface area contributed by atoms with Crippen LogP contribution >= 0.6 is 22.2 Å². The smallest absolute Gasteiger partial charge is 0.277 e. The summed E-state index contributed by atoms with van der Waals surface area (Å²) in [5.74, 6) is 0. The van der Waals surface area contributed by atoms with E-state index in [1.54, 1.807) is 0 Å². The second kappa shape index (κ2) is 5.56. The average molecular weight is 351 g/mol. The summed E-state index contributed by atoms with van der Waals surface area (Å²) in [6.45, 7) is 14.1. The van der Waals surface area contributed by atoms with Crippen LogP contribution in [0.5, 0.6) is 0 Å². The van der Waals surface area contributed by atoms with Crippen molar-refractivity contribution in [3.63, 3.8) is 0 Å². The van der Waals surface area contributed by atoms with E-state index in [0.717, 1.165) is 5.19 Å². The molecule has 0 heterocycles. The van der Waals surface area contributed by atoms with Crippen molar-refractivity contribution < 1.29 is 0 Å². The third-order valence-electron chi connectivity index (χ3n) is 2.97. The predicted molar refractivity (Wildman–Crippen MR) is 98.6 cm³/mol. The first-order valence-corrected chi connectivity index (χ1v) is 18.0. The van der Waals surface area contributed by atoms with E-state index in [1.807, 2.05) is 6.55 Å².